The van der Waals surface area contributed by atoms with E-state index in [0.29, 0.717) is 36.6 Å². The van der Waals surface area contributed by atoms with Crippen LogP contribution in [0, 0.1) is 5.82 Å². The van der Waals surface area contributed by atoms with Gasteiger partial charge in [0.15, 0.2) is 0 Å². The monoisotopic (exact) mass is 386 g/mol. The van der Waals surface area contributed by atoms with E-state index in [0.717, 1.165) is 24.9 Å². The van der Waals surface area contributed by atoms with Crippen LogP contribution in [0.5, 0.6) is 0 Å². The number of nitrogens with zero attached hydrogens (tertiary/aromatic N) is 3. The molecule has 0 unspecified atom stereocenters. The van der Waals surface area contributed by atoms with E-state index >= 15 is 0 Å². The molecule has 1 saturated heterocycles. The van der Waals surface area contributed by atoms with Crippen molar-refractivity contribution in [3.8, 4) is 0 Å². The molecule has 0 bridgehead atoms. The number of carbonyl (C=O) groups excluding carboxylic acids is 1. The van der Waals surface area contributed by atoms with Gasteiger partial charge in [-0.3, -0.25) is 9.69 Å². The molecule has 1 fully saturated rings. The SMILES string of the molecule is O=C(CSc1nnc(CN2CCOCC2)o1)Nc1ccc(F)c(Cl)c1. The Kier molecular flexibility index (Phi) is 6.24. The first-order valence-corrected chi connectivity index (χ1v) is 8.97. The number of rotatable bonds is 6. The van der Waals surface area contributed by atoms with Crippen molar-refractivity contribution in [3.63, 3.8) is 0 Å². The maximum absolute atomic E-state index is 13.1. The fourth-order valence-electron chi connectivity index (χ4n) is 2.21. The normalized spacial score (nSPS) is 15.3. The summed E-state index contributed by atoms with van der Waals surface area (Å²) in [6, 6.07) is 3.99. The summed E-state index contributed by atoms with van der Waals surface area (Å²) in [4.78, 5) is 14.1. The fourth-order valence-corrected chi connectivity index (χ4v) is 2.97. The number of carbonyl (C=O) groups is 1. The lowest BCUT2D eigenvalue weighted by Crippen LogP contribution is -2.35. The molecular weight excluding hydrogens is 371 g/mol. The molecule has 134 valence electrons. The highest BCUT2D eigenvalue weighted by Gasteiger charge is 2.15. The Balaban J connectivity index is 1.46. The van der Waals surface area contributed by atoms with Crippen molar-refractivity contribution in [2.24, 2.45) is 0 Å². The molecule has 1 N–H and O–H groups in total. The Bertz CT molecular complexity index is 739. The number of thioether (sulfide) groups is 1. The van der Waals surface area contributed by atoms with Crippen LogP contribution in [0.3, 0.4) is 0 Å². The number of anilines is 1. The topological polar surface area (TPSA) is 80.5 Å². The molecule has 7 nitrogen and oxygen atoms in total. The molecule has 0 aliphatic carbocycles. The Morgan fingerprint density at radius 2 is 2.16 bits per heavy atom. The van der Waals surface area contributed by atoms with Crippen LogP contribution in [0.15, 0.2) is 27.8 Å². The van der Waals surface area contributed by atoms with Gasteiger partial charge < -0.3 is 14.5 Å². The molecule has 10 heteroatoms. The van der Waals surface area contributed by atoms with Gasteiger partial charge in [-0.1, -0.05) is 23.4 Å². The van der Waals surface area contributed by atoms with E-state index in [2.05, 4.69) is 20.4 Å². The number of morpholine rings is 1. The van der Waals surface area contributed by atoms with E-state index in [-0.39, 0.29) is 16.7 Å². The number of hydrogen-bond acceptors (Lipinski definition) is 7. The summed E-state index contributed by atoms with van der Waals surface area (Å²) in [5.74, 6) is -0.211. The fraction of sp³-hybridized carbons (Fsp3) is 0.400. The average Bonchev–Trinajstić information content (AvgIpc) is 3.05. The minimum Gasteiger partial charge on any atom is -0.415 e. The summed E-state index contributed by atoms with van der Waals surface area (Å²) in [7, 11) is 0. The van der Waals surface area contributed by atoms with Gasteiger partial charge in [-0.2, -0.15) is 0 Å². The van der Waals surface area contributed by atoms with Crippen molar-refractivity contribution >= 4 is 35.0 Å². The molecule has 1 aliphatic heterocycles. The standard InChI is InChI=1S/C15H16ClFN4O3S/c16-11-7-10(1-2-12(11)17)18-13(22)9-25-15-20-19-14(24-15)8-21-3-5-23-6-4-21/h1-2,7H,3-6,8-9H2,(H,18,22). The predicted molar refractivity (Wildman–Crippen MR) is 91.2 cm³/mol. The van der Waals surface area contributed by atoms with Crippen LogP contribution in [-0.4, -0.2) is 53.1 Å². The number of aromatic nitrogens is 2. The first-order valence-electron chi connectivity index (χ1n) is 7.60. The molecule has 2 aromatic rings. The molecule has 1 aromatic carbocycles. The van der Waals surface area contributed by atoms with E-state index in [1.165, 1.54) is 18.2 Å². The van der Waals surface area contributed by atoms with Crippen molar-refractivity contribution in [1.29, 1.82) is 0 Å². The van der Waals surface area contributed by atoms with Gasteiger partial charge in [-0.25, -0.2) is 4.39 Å². The van der Waals surface area contributed by atoms with Crippen LogP contribution in [0.1, 0.15) is 5.89 Å². The maximum atomic E-state index is 13.1. The Morgan fingerprint density at radius 3 is 2.92 bits per heavy atom. The molecule has 1 aromatic heterocycles. The highest BCUT2D eigenvalue weighted by Crippen LogP contribution is 2.21. The van der Waals surface area contributed by atoms with Gasteiger partial charge in [0.1, 0.15) is 5.82 Å². The first-order chi connectivity index (χ1) is 12.1. The summed E-state index contributed by atoms with van der Waals surface area (Å²) in [6.07, 6.45) is 0. The second kappa shape index (κ2) is 8.61. The average molecular weight is 387 g/mol. The van der Waals surface area contributed by atoms with E-state index < -0.39 is 5.82 Å². The third kappa shape index (κ3) is 5.40. The van der Waals surface area contributed by atoms with E-state index in [1.807, 2.05) is 0 Å². The van der Waals surface area contributed by atoms with Gasteiger partial charge in [0, 0.05) is 18.8 Å². The number of hydrogen-bond donors (Lipinski definition) is 1. The summed E-state index contributed by atoms with van der Waals surface area (Å²) < 4.78 is 23.9. The molecule has 3 rings (SSSR count). The highest BCUT2D eigenvalue weighted by atomic mass is 35.5. The summed E-state index contributed by atoms with van der Waals surface area (Å²) in [6.45, 7) is 3.62. The highest BCUT2D eigenvalue weighted by molar-refractivity contribution is 7.99. The molecule has 0 atom stereocenters. The number of nitrogens with one attached hydrogen (secondary N) is 1. The number of halogens is 2. The van der Waals surface area contributed by atoms with Crippen LogP contribution in [0.2, 0.25) is 5.02 Å². The molecule has 0 radical (unpaired) electrons. The quantitative estimate of drug-likeness (QED) is 0.763. The minimum absolute atomic E-state index is 0.0462. The van der Waals surface area contributed by atoms with Crippen LogP contribution in [0.25, 0.3) is 0 Å². The zero-order valence-corrected chi connectivity index (χ0v) is 14.8. The van der Waals surface area contributed by atoms with Crippen molar-refractivity contribution in [2.75, 3.05) is 37.4 Å². The maximum Gasteiger partial charge on any atom is 0.277 e. The molecule has 1 aliphatic rings. The van der Waals surface area contributed by atoms with Gasteiger partial charge in [0.25, 0.3) is 5.22 Å². The summed E-state index contributed by atoms with van der Waals surface area (Å²) in [5, 5.41) is 10.8. The smallest absolute Gasteiger partial charge is 0.277 e. The molecule has 1 amide bonds. The van der Waals surface area contributed by atoms with Gasteiger partial charge in [0.2, 0.25) is 11.8 Å². The third-order valence-electron chi connectivity index (χ3n) is 3.44. The van der Waals surface area contributed by atoms with E-state index in [4.69, 9.17) is 20.8 Å². The molecule has 0 spiro atoms. The zero-order valence-electron chi connectivity index (χ0n) is 13.2. The molecule has 2 heterocycles. The van der Waals surface area contributed by atoms with E-state index in [1.54, 1.807) is 0 Å². The number of amides is 1. The Hall–Kier alpha value is -1.68. The van der Waals surface area contributed by atoms with Gasteiger partial charge in [-0.05, 0) is 18.2 Å². The van der Waals surface area contributed by atoms with Crippen LogP contribution < -0.4 is 5.32 Å². The van der Waals surface area contributed by atoms with Crippen molar-refractivity contribution in [2.45, 2.75) is 11.8 Å². The summed E-state index contributed by atoms with van der Waals surface area (Å²) >= 11 is 6.81. The predicted octanol–water partition coefficient (Wildman–Crippen LogP) is 2.43. The minimum atomic E-state index is -0.535. The lowest BCUT2D eigenvalue weighted by molar-refractivity contribution is -0.113. The third-order valence-corrected chi connectivity index (χ3v) is 4.55. The summed E-state index contributed by atoms with van der Waals surface area (Å²) in [5.41, 5.74) is 0.426. The van der Waals surface area contributed by atoms with Crippen molar-refractivity contribution < 1.29 is 18.3 Å². The number of benzene rings is 1. The van der Waals surface area contributed by atoms with Crippen molar-refractivity contribution in [3.05, 3.63) is 34.9 Å². The van der Waals surface area contributed by atoms with Crippen LogP contribution in [-0.2, 0) is 16.1 Å². The van der Waals surface area contributed by atoms with Gasteiger partial charge >= 0.3 is 0 Å². The van der Waals surface area contributed by atoms with E-state index in [9.17, 15) is 9.18 Å². The van der Waals surface area contributed by atoms with Crippen LogP contribution in [0.4, 0.5) is 10.1 Å². The van der Waals surface area contributed by atoms with Gasteiger partial charge in [-0.15, -0.1) is 10.2 Å². The van der Waals surface area contributed by atoms with Crippen molar-refractivity contribution in [1.82, 2.24) is 15.1 Å². The lowest BCUT2D eigenvalue weighted by atomic mass is 10.3. The van der Waals surface area contributed by atoms with Crippen LogP contribution >= 0.6 is 23.4 Å². The second-order valence-electron chi connectivity index (χ2n) is 5.32. The molecule has 25 heavy (non-hydrogen) atoms. The second-order valence-corrected chi connectivity index (χ2v) is 6.65. The zero-order chi connectivity index (χ0) is 17.6. The molecular formula is C15H16ClFN4O3S. The number of ether oxygens (including phenoxy) is 1. The Morgan fingerprint density at radius 1 is 1.36 bits per heavy atom. The largest absolute Gasteiger partial charge is 0.415 e. The first kappa shape index (κ1) is 18.1. The molecule has 0 saturated carbocycles. The Labute approximate surface area is 152 Å². The lowest BCUT2D eigenvalue weighted by Gasteiger charge is -2.24. The van der Waals surface area contributed by atoms with Gasteiger partial charge in [0.05, 0.1) is 30.5 Å².